The zero-order chi connectivity index (χ0) is 18.5. The number of nitrogens with one attached hydrogen (secondary N) is 2. The van der Waals surface area contributed by atoms with Crippen molar-refractivity contribution in [2.24, 2.45) is 0 Å². The van der Waals surface area contributed by atoms with Crippen molar-refractivity contribution in [3.8, 4) is 11.5 Å². The van der Waals surface area contributed by atoms with Gasteiger partial charge in [0.25, 0.3) is 11.8 Å². The third-order valence-electron chi connectivity index (χ3n) is 4.20. The lowest BCUT2D eigenvalue weighted by Gasteiger charge is -2.19. The molecule has 6 nitrogen and oxygen atoms in total. The van der Waals surface area contributed by atoms with Gasteiger partial charge < -0.3 is 20.1 Å². The van der Waals surface area contributed by atoms with Crippen LogP contribution in [0.25, 0.3) is 0 Å². The van der Waals surface area contributed by atoms with Gasteiger partial charge in [0, 0.05) is 28.9 Å². The largest absolute Gasteiger partial charge is 0.486 e. The molecule has 136 valence electrons. The average Bonchev–Trinajstić information content (AvgIpc) is 2.67. The molecule has 0 aliphatic carbocycles. The van der Waals surface area contributed by atoms with Crippen LogP contribution in [0.2, 0.25) is 0 Å². The van der Waals surface area contributed by atoms with E-state index in [1.807, 2.05) is 13.8 Å². The first-order valence-corrected chi connectivity index (χ1v) is 8.68. The van der Waals surface area contributed by atoms with Gasteiger partial charge in [-0.25, -0.2) is 0 Å². The fourth-order valence-corrected chi connectivity index (χ4v) is 2.51. The van der Waals surface area contributed by atoms with Crippen molar-refractivity contribution in [2.45, 2.75) is 26.3 Å². The second-order valence-corrected chi connectivity index (χ2v) is 6.17. The molecule has 1 aliphatic rings. The molecule has 1 atom stereocenters. The van der Waals surface area contributed by atoms with Crippen LogP contribution in [-0.2, 0) is 0 Å². The average molecular weight is 354 g/mol. The maximum absolute atomic E-state index is 12.4. The minimum absolute atomic E-state index is 0.112. The molecule has 2 aromatic rings. The number of amides is 2. The molecule has 0 spiro atoms. The summed E-state index contributed by atoms with van der Waals surface area (Å²) in [7, 11) is 0. The van der Waals surface area contributed by atoms with E-state index >= 15 is 0 Å². The zero-order valence-electron chi connectivity index (χ0n) is 14.9. The van der Waals surface area contributed by atoms with Crippen LogP contribution in [0, 0.1) is 0 Å². The van der Waals surface area contributed by atoms with E-state index in [-0.39, 0.29) is 17.9 Å². The highest BCUT2D eigenvalue weighted by atomic mass is 16.6. The molecule has 0 bridgehead atoms. The standard InChI is InChI=1S/C20H22N2O4/c1-3-13(2)21-19(23)14-4-6-15(7-5-14)20(24)22-16-8-9-17-18(12-16)26-11-10-25-17/h4-9,12-13H,3,10-11H2,1-2H3,(H,21,23)(H,22,24). The second kappa shape index (κ2) is 7.91. The summed E-state index contributed by atoms with van der Waals surface area (Å²) in [5, 5.41) is 5.72. The lowest BCUT2D eigenvalue weighted by atomic mass is 10.1. The fraction of sp³-hybridized carbons (Fsp3) is 0.300. The van der Waals surface area contributed by atoms with E-state index in [0.29, 0.717) is 41.5 Å². The van der Waals surface area contributed by atoms with Crippen molar-refractivity contribution in [3.63, 3.8) is 0 Å². The molecule has 26 heavy (non-hydrogen) atoms. The van der Waals surface area contributed by atoms with E-state index in [1.165, 1.54) is 0 Å². The summed E-state index contributed by atoms with van der Waals surface area (Å²) in [6.45, 7) is 4.98. The Balaban J connectivity index is 1.66. The van der Waals surface area contributed by atoms with Gasteiger partial charge in [0.1, 0.15) is 13.2 Å². The molecule has 0 fully saturated rings. The lowest BCUT2D eigenvalue weighted by molar-refractivity contribution is 0.0937. The SMILES string of the molecule is CCC(C)NC(=O)c1ccc(C(=O)Nc2ccc3c(c2)OCCO3)cc1. The maximum Gasteiger partial charge on any atom is 0.255 e. The Kier molecular flexibility index (Phi) is 5.41. The first-order valence-electron chi connectivity index (χ1n) is 8.68. The van der Waals surface area contributed by atoms with Gasteiger partial charge in [-0.15, -0.1) is 0 Å². The topological polar surface area (TPSA) is 76.7 Å². The van der Waals surface area contributed by atoms with Crippen LogP contribution in [0.4, 0.5) is 5.69 Å². The Bertz CT molecular complexity index is 802. The highest BCUT2D eigenvalue weighted by molar-refractivity contribution is 6.05. The summed E-state index contributed by atoms with van der Waals surface area (Å²) in [5.74, 6) is 0.894. The van der Waals surface area contributed by atoms with Crippen LogP contribution in [-0.4, -0.2) is 31.1 Å². The van der Waals surface area contributed by atoms with Crippen molar-refractivity contribution in [1.82, 2.24) is 5.32 Å². The maximum atomic E-state index is 12.4. The summed E-state index contributed by atoms with van der Waals surface area (Å²) < 4.78 is 11.0. The van der Waals surface area contributed by atoms with Crippen LogP contribution in [0.15, 0.2) is 42.5 Å². The summed E-state index contributed by atoms with van der Waals surface area (Å²) in [6, 6.07) is 12.0. The summed E-state index contributed by atoms with van der Waals surface area (Å²) in [6.07, 6.45) is 0.863. The van der Waals surface area contributed by atoms with Crippen LogP contribution >= 0.6 is 0 Å². The Morgan fingerprint density at radius 1 is 0.962 bits per heavy atom. The van der Waals surface area contributed by atoms with E-state index in [2.05, 4.69) is 10.6 Å². The minimum atomic E-state index is -0.254. The Morgan fingerprint density at radius 3 is 2.23 bits per heavy atom. The molecule has 2 aromatic carbocycles. The normalized spacial score (nSPS) is 13.6. The van der Waals surface area contributed by atoms with E-state index in [1.54, 1.807) is 42.5 Å². The molecule has 6 heteroatoms. The Labute approximate surface area is 152 Å². The van der Waals surface area contributed by atoms with Crippen molar-refractivity contribution in [2.75, 3.05) is 18.5 Å². The number of hydrogen-bond donors (Lipinski definition) is 2. The fourth-order valence-electron chi connectivity index (χ4n) is 2.51. The molecule has 1 aliphatic heterocycles. The molecule has 2 amide bonds. The predicted molar refractivity (Wildman–Crippen MR) is 99.0 cm³/mol. The molecule has 0 saturated heterocycles. The van der Waals surface area contributed by atoms with Crippen LogP contribution in [0.3, 0.4) is 0 Å². The van der Waals surface area contributed by atoms with E-state index in [9.17, 15) is 9.59 Å². The van der Waals surface area contributed by atoms with Gasteiger partial charge in [0.05, 0.1) is 0 Å². The third kappa shape index (κ3) is 4.14. The quantitative estimate of drug-likeness (QED) is 0.864. The van der Waals surface area contributed by atoms with Crippen molar-refractivity contribution in [1.29, 1.82) is 0 Å². The predicted octanol–water partition coefficient (Wildman–Crippen LogP) is 3.24. The van der Waals surface area contributed by atoms with Gasteiger partial charge in [-0.05, 0) is 49.7 Å². The summed E-state index contributed by atoms with van der Waals surface area (Å²) in [5.41, 5.74) is 1.62. The molecule has 0 saturated carbocycles. The van der Waals surface area contributed by atoms with Gasteiger partial charge in [-0.1, -0.05) is 6.92 Å². The van der Waals surface area contributed by atoms with E-state index < -0.39 is 0 Å². The molecular formula is C20H22N2O4. The number of carbonyl (C=O) groups is 2. The van der Waals surface area contributed by atoms with Crippen molar-refractivity contribution in [3.05, 3.63) is 53.6 Å². The molecule has 1 unspecified atom stereocenters. The van der Waals surface area contributed by atoms with Gasteiger partial charge >= 0.3 is 0 Å². The highest BCUT2D eigenvalue weighted by Crippen LogP contribution is 2.32. The highest BCUT2D eigenvalue weighted by Gasteiger charge is 2.14. The van der Waals surface area contributed by atoms with Gasteiger partial charge in [0.15, 0.2) is 11.5 Å². The number of anilines is 1. The van der Waals surface area contributed by atoms with Crippen molar-refractivity contribution >= 4 is 17.5 Å². The second-order valence-electron chi connectivity index (χ2n) is 6.17. The molecule has 0 radical (unpaired) electrons. The smallest absolute Gasteiger partial charge is 0.255 e. The first kappa shape index (κ1) is 17.8. The number of ether oxygens (including phenoxy) is 2. The van der Waals surface area contributed by atoms with Gasteiger partial charge in [-0.3, -0.25) is 9.59 Å². The van der Waals surface area contributed by atoms with Crippen molar-refractivity contribution < 1.29 is 19.1 Å². The molecule has 2 N–H and O–H groups in total. The number of fused-ring (bicyclic) bond motifs is 1. The van der Waals surface area contributed by atoms with E-state index in [0.717, 1.165) is 6.42 Å². The minimum Gasteiger partial charge on any atom is -0.486 e. The third-order valence-corrected chi connectivity index (χ3v) is 4.20. The first-order chi connectivity index (χ1) is 12.6. The Morgan fingerprint density at radius 2 is 1.58 bits per heavy atom. The summed E-state index contributed by atoms with van der Waals surface area (Å²) >= 11 is 0. The molecule has 3 rings (SSSR count). The lowest BCUT2D eigenvalue weighted by Crippen LogP contribution is -2.31. The number of carbonyl (C=O) groups excluding carboxylic acids is 2. The number of rotatable bonds is 5. The Hall–Kier alpha value is -3.02. The van der Waals surface area contributed by atoms with Crippen LogP contribution in [0.5, 0.6) is 11.5 Å². The summed E-state index contributed by atoms with van der Waals surface area (Å²) in [4.78, 5) is 24.5. The van der Waals surface area contributed by atoms with Crippen LogP contribution in [0.1, 0.15) is 41.0 Å². The van der Waals surface area contributed by atoms with E-state index in [4.69, 9.17) is 9.47 Å². The molecule has 0 aromatic heterocycles. The van der Waals surface area contributed by atoms with Gasteiger partial charge in [0.2, 0.25) is 0 Å². The zero-order valence-corrected chi connectivity index (χ0v) is 14.9. The molecular weight excluding hydrogens is 332 g/mol. The molecule has 1 heterocycles. The van der Waals surface area contributed by atoms with Crippen LogP contribution < -0.4 is 20.1 Å². The number of benzene rings is 2. The van der Waals surface area contributed by atoms with Gasteiger partial charge in [-0.2, -0.15) is 0 Å². The number of hydrogen-bond acceptors (Lipinski definition) is 4. The monoisotopic (exact) mass is 354 g/mol.